The van der Waals surface area contributed by atoms with Crippen LogP contribution in [0.1, 0.15) is 10.7 Å². The number of thiazole rings is 1. The van der Waals surface area contributed by atoms with Gasteiger partial charge < -0.3 is 32.5 Å². The fourth-order valence-corrected chi connectivity index (χ4v) is 7.10. The number of thioether (sulfide) groups is 2. The van der Waals surface area contributed by atoms with Gasteiger partial charge in [0.1, 0.15) is 34.4 Å². The van der Waals surface area contributed by atoms with Crippen LogP contribution in [0.25, 0.3) is 0 Å². The number of aliphatic carboxylic acids is 1. The molecule has 4 heterocycles. The number of nitrogen functional groups attached to an aromatic ring is 1. The number of nitrogens with two attached hydrogens (primary N) is 3. The molecule has 4 rings (SSSR count). The van der Waals surface area contributed by atoms with E-state index in [0.29, 0.717) is 26.4 Å². The van der Waals surface area contributed by atoms with Crippen molar-refractivity contribution in [2.75, 3.05) is 30.4 Å². The molecule has 36 heavy (non-hydrogen) atoms. The lowest BCUT2D eigenvalue weighted by atomic mass is 10.0. The lowest BCUT2D eigenvalue weighted by Gasteiger charge is -2.49. The summed E-state index contributed by atoms with van der Waals surface area (Å²) in [6, 6.07) is -0.947. The molecule has 1 fully saturated rings. The number of β-lactam (4-membered cyclic amide) rings is 1. The fraction of sp³-hybridized carbons (Fsp3) is 0.389. The molecular formula is C18H21N9O5S4. The van der Waals surface area contributed by atoms with E-state index >= 15 is 0 Å². The van der Waals surface area contributed by atoms with Gasteiger partial charge in [0.05, 0.1) is 0 Å². The van der Waals surface area contributed by atoms with Crippen molar-refractivity contribution in [1.82, 2.24) is 25.4 Å². The molecule has 2 unspecified atom stereocenters. The van der Waals surface area contributed by atoms with Crippen LogP contribution < -0.4 is 22.5 Å². The standard InChI is InChI=1S/C18H21N9O5S4/c19-1-2-32-26-10(8-6-34-17(21)22-8)13(28)23-11-14(29)27-12(16(30)31)7(4-33-15(11)27)5-35-18-25-24-9(3-20)36-18/h6,11,15H,1-5,19-20H2,(H2,21,22)(H,23,28)(H,30,31)/b26-10+. The molecule has 2 aromatic heterocycles. The van der Waals surface area contributed by atoms with Crippen molar-refractivity contribution in [2.45, 2.75) is 22.3 Å². The van der Waals surface area contributed by atoms with Gasteiger partial charge in [-0.05, 0) is 5.57 Å². The molecule has 0 aromatic carbocycles. The minimum atomic E-state index is -1.22. The van der Waals surface area contributed by atoms with Gasteiger partial charge in [-0.2, -0.15) is 0 Å². The summed E-state index contributed by atoms with van der Waals surface area (Å²) in [5, 5.41) is 26.1. The predicted molar refractivity (Wildman–Crippen MR) is 136 cm³/mol. The summed E-state index contributed by atoms with van der Waals surface area (Å²) in [6.45, 7) is 0.531. The number of carbonyl (C=O) groups is 3. The highest BCUT2D eigenvalue weighted by atomic mass is 32.2. The van der Waals surface area contributed by atoms with Crippen LogP contribution in [0.4, 0.5) is 5.13 Å². The number of aromatic nitrogens is 3. The molecule has 18 heteroatoms. The second kappa shape index (κ2) is 11.5. The number of hydrogen-bond donors (Lipinski definition) is 5. The highest BCUT2D eigenvalue weighted by molar-refractivity contribution is 8.01. The third-order valence-corrected chi connectivity index (χ3v) is 9.05. The minimum absolute atomic E-state index is 0.0726. The first-order chi connectivity index (χ1) is 17.3. The number of carbonyl (C=O) groups excluding carboxylic acids is 2. The number of nitrogens with zero attached hydrogens (tertiary/aromatic N) is 5. The number of oxime groups is 1. The van der Waals surface area contributed by atoms with Crippen molar-refractivity contribution < 1.29 is 24.3 Å². The topological polar surface area (TPSA) is 225 Å². The van der Waals surface area contributed by atoms with Gasteiger partial charge in [-0.15, -0.1) is 33.3 Å². The van der Waals surface area contributed by atoms with Crippen LogP contribution in [0, 0.1) is 0 Å². The number of nitrogens with one attached hydrogen (secondary N) is 1. The summed E-state index contributed by atoms with van der Waals surface area (Å²) in [4.78, 5) is 48.3. The Kier molecular flexibility index (Phi) is 8.42. The third kappa shape index (κ3) is 5.47. The van der Waals surface area contributed by atoms with Crippen LogP contribution in [0.2, 0.25) is 0 Å². The van der Waals surface area contributed by atoms with Crippen LogP contribution in [0.15, 0.2) is 26.1 Å². The molecule has 2 atom stereocenters. The van der Waals surface area contributed by atoms with Crippen LogP contribution in [0.5, 0.6) is 0 Å². The smallest absolute Gasteiger partial charge is 0.352 e. The Morgan fingerprint density at radius 2 is 2.17 bits per heavy atom. The lowest BCUT2D eigenvalue weighted by Crippen LogP contribution is -2.71. The molecule has 14 nitrogen and oxygen atoms in total. The Morgan fingerprint density at radius 1 is 1.36 bits per heavy atom. The van der Waals surface area contributed by atoms with E-state index in [4.69, 9.17) is 22.0 Å². The molecule has 1 saturated heterocycles. The maximum absolute atomic E-state index is 13.0. The van der Waals surface area contributed by atoms with Crippen molar-refractivity contribution in [3.8, 4) is 0 Å². The van der Waals surface area contributed by atoms with Gasteiger partial charge >= 0.3 is 5.97 Å². The van der Waals surface area contributed by atoms with Crippen LogP contribution in [0.3, 0.4) is 0 Å². The summed E-state index contributed by atoms with van der Waals surface area (Å²) >= 11 is 5.13. The maximum atomic E-state index is 13.0. The van der Waals surface area contributed by atoms with E-state index in [1.54, 1.807) is 0 Å². The SMILES string of the molecule is NCCO/N=C(/C(=O)NC1C(=O)N2C(C(=O)O)=C(CSc3nnc(CN)s3)CSC12)c1csc(N)n1. The summed E-state index contributed by atoms with van der Waals surface area (Å²) in [7, 11) is 0. The van der Waals surface area contributed by atoms with E-state index in [-0.39, 0.29) is 41.9 Å². The zero-order valence-corrected chi connectivity index (χ0v) is 21.7. The first-order valence-electron chi connectivity index (χ1n) is 10.3. The van der Waals surface area contributed by atoms with Crippen molar-refractivity contribution in [3.63, 3.8) is 0 Å². The number of fused-ring (bicyclic) bond motifs is 1. The van der Waals surface area contributed by atoms with E-state index in [2.05, 4.69) is 25.7 Å². The normalized spacial score (nSPS) is 19.7. The average Bonchev–Trinajstić information content (AvgIpc) is 3.51. The molecule has 2 aromatic rings. The summed E-state index contributed by atoms with van der Waals surface area (Å²) in [5.74, 6) is -1.78. The Morgan fingerprint density at radius 3 is 2.81 bits per heavy atom. The number of carboxylic acids is 1. The number of amides is 2. The highest BCUT2D eigenvalue weighted by Gasteiger charge is 2.54. The molecule has 8 N–H and O–H groups in total. The molecule has 2 aliphatic heterocycles. The minimum Gasteiger partial charge on any atom is -0.477 e. The van der Waals surface area contributed by atoms with E-state index in [1.807, 2.05) is 0 Å². The van der Waals surface area contributed by atoms with E-state index in [1.165, 1.54) is 45.1 Å². The Labute approximate surface area is 220 Å². The fourth-order valence-electron chi connectivity index (χ4n) is 3.30. The second-order valence-corrected chi connectivity index (χ2v) is 11.5. The third-order valence-electron chi connectivity index (χ3n) is 4.87. The molecule has 2 amide bonds. The van der Waals surface area contributed by atoms with Gasteiger partial charge in [0.2, 0.25) is 0 Å². The molecule has 0 aliphatic carbocycles. The molecular weight excluding hydrogens is 551 g/mol. The summed E-state index contributed by atoms with van der Waals surface area (Å²) in [5.41, 5.74) is 17.1. The van der Waals surface area contributed by atoms with Crippen LogP contribution in [-0.4, -0.2) is 84.8 Å². The molecule has 0 spiro atoms. The van der Waals surface area contributed by atoms with Crippen molar-refractivity contribution in [3.05, 3.63) is 27.4 Å². The Balaban J connectivity index is 1.47. The van der Waals surface area contributed by atoms with E-state index < -0.39 is 29.2 Å². The predicted octanol–water partition coefficient (Wildman–Crippen LogP) is -0.754. The van der Waals surface area contributed by atoms with Crippen LogP contribution >= 0.6 is 46.2 Å². The second-order valence-electron chi connectivity index (χ2n) is 7.21. The lowest BCUT2D eigenvalue weighted by molar-refractivity contribution is -0.150. The van der Waals surface area contributed by atoms with Gasteiger partial charge in [0.25, 0.3) is 11.8 Å². The molecule has 2 aliphatic rings. The zero-order chi connectivity index (χ0) is 25.8. The molecule has 0 bridgehead atoms. The van der Waals surface area contributed by atoms with Crippen molar-refractivity contribution in [1.29, 1.82) is 0 Å². The van der Waals surface area contributed by atoms with Crippen LogP contribution in [-0.2, 0) is 25.8 Å². The van der Waals surface area contributed by atoms with Gasteiger partial charge in [-0.25, -0.2) is 9.78 Å². The van der Waals surface area contributed by atoms with Gasteiger partial charge in [-0.1, -0.05) is 28.3 Å². The van der Waals surface area contributed by atoms with Gasteiger partial charge in [0, 0.05) is 30.0 Å². The quantitative estimate of drug-likeness (QED) is 0.0736. The van der Waals surface area contributed by atoms with Crippen molar-refractivity contribution >= 4 is 74.8 Å². The van der Waals surface area contributed by atoms with E-state index in [0.717, 1.165) is 11.3 Å². The Bertz CT molecular complexity index is 1230. The average molecular weight is 572 g/mol. The first kappa shape index (κ1) is 26.3. The number of carboxylic acid groups (broad SMARTS) is 1. The van der Waals surface area contributed by atoms with E-state index in [9.17, 15) is 19.5 Å². The largest absolute Gasteiger partial charge is 0.477 e. The zero-order valence-electron chi connectivity index (χ0n) is 18.4. The molecule has 0 saturated carbocycles. The first-order valence-corrected chi connectivity index (χ1v) is 14.0. The highest BCUT2D eigenvalue weighted by Crippen LogP contribution is 2.41. The summed E-state index contributed by atoms with van der Waals surface area (Å²) < 4.78 is 0.659. The monoisotopic (exact) mass is 571 g/mol. The van der Waals surface area contributed by atoms with Gasteiger partial charge in [-0.3, -0.25) is 14.5 Å². The number of hydrogen-bond acceptors (Lipinski definition) is 15. The van der Waals surface area contributed by atoms with Crippen molar-refractivity contribution in [2.24, 2.45) is 16.6 Å². The Hall–Kier alpha value is -2.77. The van der Waals surface area contributed by atoms with Gasteiger partial charge in [0.15, 0.2) is 15.2 Å². The molecule has 0 radical (unpaired) electrons. The number of anilines is 1. The molecule has 192 valence electrons. The maximum Gasteiger partial charge on any atom is 0.352 e. The summed E-state index contributed by atoms with van der Waals surface area (Å²) in [6.07, 6.45) is 0. The number of rotatable bonds is 11.